The number of methoxy groups -OCH3 is 3. The predicted molar refractivity (Wildman–Crippen MR) is 124 cm³/mol. The van der Waals surface area contributed by atoms with Gasteiger partial charge in [-0.05, 0) is 36.5 Å². The maximum absolute atomic E-state index is 12.7. The van der Waals surface area contributed by atoms with E-state index in [9.17, 15) is 4.79 Å². The molecule has 0 radical (unpaired) electrons. The van der Waals surface area contributed by atoms with Crippen molar-refractivity contribution in [3.8, 4) is 17.2 Å². The van der Waals surface area contributed by atoms with E-state index >= 15 is 0 Å². The number of para-hydroxylation sites is 1. The number of carbonyl (C=O) groups is 1. The molecule has 158 valence electrons. The highest BCUT2D eigenvalue weighted by Crippen LogP contribution is 2.36. The van der Waals surface area contributed by atoms with Crippen LogP contribution in [0.25, 0.3) is 21.9 Å². The monoisotopic (exact) mass is 436 g/mol. The summed E-state index contributed by atoms with van der Waals surface area (Å²) in [4.78, 5) is 12.7. The van der Waals surface area contributed by atoms with E-state index in [2.05, 4.69) is 10.6 Å². The van der Waals surface area contributed by atoms with Gasteiger partial charge in [0.2, 0.25) is 0 Å². The fourth-order valence-corrected chi connectivity index (χ4v) is 3.49. The molecule has 31 heavy (non-hydrogen) atoms. The highest BCUT2D eigenvalue weighted by Gasteiger charge is 2.15. The molecule has 0 unspecified atom stereocenters. The van der Waals surface area contributed by atoms with E-state index in [1.54, 1.807) is 31.4 Å². The average Bonchev–Trinajstić information content (AvgIpc) is 3.15. The topological polar surface area (TPSA) is 82.0 Å². The summed E-state index contributed by atoms with van der Waals surface area (Å²) in [6.45, 7) is 0. The van der Waals surface area contributed by atoms with Crippen molar-refractivity contribution >= 4 is 50.9 Å². The fraction of sp³-hybridized carbons (Fsp3) is 0.130. The summed E-state index contributed by atoms with van der Waals surface area (Å²) in [6, 6.07) is 16.3. The molecule has 7 nitrogen and oxygen atoms in total. The van der Waals surface area contributed by atoms with Crippen molar-refractivity contribution in [1.29, 1.82) is 0 Å². The first-order chi connectivity index (χ1) is 15.0. The number of amides is 1. The Balaban J connectivity index is 1.58. The summed E-state index contributed by atoms with van der Waals surface area (Å²) in [5.74, 6) is 1.16. The van der Waals surface area contributed by atoms with Crippen LogP contribution in [0.15, 0.2) is 59.0 Å². The van der Waals surface area contributed by atoms with Gasteiger partial charge in [-0.2, -0.15) is 0 Å². The molecule has 0 saturated heterocycles. The number of anilines is 1. The first kappa shape index (κ1) is 20.5. The van der Waals surface area contributed by atoms with E-state index in [-0.39, 0.29) is 5.11 Å². The van der Waals surface area contributed by atoms with E-state index < -0.39 is 5.91 Å². The van der Waals surface area contributed by atoms with Crippen molar-refractivity contribution < 1.29 is 23.4 Å². The maximum atomic E-state index is 12.7. The third kappa shape index (κ3) is 4.10. The zero-order valence-electron chi connectivity index (χ0n) is 17.1. The van der Waals surface area contributed by atoms with E-state index in [0.717, 1.165) is 16.4 Å². The van der Waals surface area contributed by atoms with Crippen LogP contribution >= 0.6 is 12.2 Å². The number of ether oxygens (including phenoxy) is 3. The molecule has 0 atom stereocenters. The van der Waals surface area contributed by atoms with Crippen molar-refractivity contribution in [3.05, 3.63) is 60.2 Å². The molecule has 0 aliphatic rings. The molecule has 0 fully saturated rings. The van der Waals surface area contributed by atoms with Gasteiger partial charge in [0.25, 0.3) is 5.91 Å². The Morgan fingerprint density at radius 1 is 0.871 bits per heavy atom. The molecule has 2 N–H and O–H groups in total. The van der Waals surface area contributed by atoms with Crippen LogP contribution in [0, 0.1) is 0 Å². The Hall–Kier alpha value is -3.78. The number of furan rings is 1. The van der Waals surface area contributed by atoms with Gasteiger partial charge in [-0.25, -0.2) is 0 Å². The first-order valence-electron chi connectivity index (χ1n) is 9.37. The summed E-state index contributed by atoms with van der Waals surface area (Å²) in [5.41, 5.74) is 2.37. The lowest BCUT2D eigenvalue weighted by Gasteiger charge is -2.13. The number of hydrogen-bond donors (Lipinski definition) is 2. The molecule has 0 aliphatic heterocycles. The SMILES string of the molecule is COc1cc(OC)cc(C(=O)NC(=S)Nc2cc3oc4ccccc4c3cc2OC)c1. The van der Waals surface area contributed by atoms with E-state index in [1.807, 2.05) is 30.3 Å². The fourth-order valence-electron chi connectivity index (χ4n) is 3.29. The minimum absolute atomic E-state index is 0.112. The van der Waals surface area contributed by atoms with Crippen LogP contribution in [0.2, 0.25) is 0 Å². The molecule has 0 spiro atoms. The second kappa shape index (κ2) is 8.53. The molecule has 4 aromatic rings. The molecule has 1 heterocycles. The zero-order chi connectivity index (χ0) is 22.0. The minimum Gasteiger partial charge on any atom is -0.497 e. The molecular formula is C23H20N2O5S. The molecular weight excluding hydrogens is 416 g/mol. The molecule has 0 saturated carbocycles. The molecule has 3 aromatic carbocycles. The molecule has 0 aliphatic carbocycles. The number of carbonyl (C=O) groups excluding carboxylic acids is 1. The van der Waals surface area contributed by atoms with E-state index in [4.69, 9.17) is 30.8 Å². The molecule has 8 heteroatoms. The third-order valence-electron chi connectivity index (χ3n) is 4.79. The second-order valence-electron chi connectivity index (χ2n) is 6.66. The summed E-state index contributed by atoms with van der Waals surface area (Å²) in [5, 5.41) is 7.69. The van der Waals surface area contributed by atoms with Crippen molar-refractivity contribution in [2.75, 3.05) is 26.6 Å². The lowest BCUT2D eigenvalue weighted by Crippen LogP contribution is -2.34. The number of hydrogen-bond acceptors (Lipinski definition) is 6. The quantitative estimate of drug-likeness (QED) is 0.437. The van der Waals surface area contributed by atoms with E-state index in [1.165, 1.54) is 14.2 Å². The molecule has 0 bridgehead atoms. The second-order valence-corrected chi connectivity index (χ2v) is 7.06. The first-order valence-corrected chi connectivity index (χ1v) is 9.78. The van der Waals surface area contributed by atoms with Gasteiger partial charge >= 0.3 is 0 Å². The van der Waals surface area contributed by atoms with Gasteiger partial charge in [-0.1, -0.05) is 18.2 Å². The number of rotatable bonds is 5. The maximum Gasteiger partial charge on any atom is 0.257 e. The lowest BCUT2D eigenvalue weighted by molar-refractivity contribution is 0.0977. The highest BCUT2D eigenvalue weighted by molar-refractivity contribution is 7.80. The van der Waals surface area contributed by atoms with E-state index in [0.29, 0.717) is 34.1 Å². The third-order valence-corrected chi connectivity index (χ3v) is 4.99. The van der Waals surface area contributed by atoms with Gasteiger partial charge in [-0.3, -0.25) is 10.1 Å². The van der Waals surface area contributed by atoms with Gasteiger partial charge in [0.05, 0.1) is 27.0 Å². The predicted octanol–water partition coefficient (Wildman–Crippen LogP) is 4.74. The summed E-state index contributed by atoms with van der Waals surface area (Å²) < 4.78 is 21.9. The van der Waals surface area contributed by atoms with Crippen molar-refractivity contribution in [2.24, 2.45) is 0 Å². The van der Waals surface area contributed by atoms with Crippen molar-refractivity contribution in [2.45, 2.75) is 0 Å². The smallest absolute Gasteiger partial charge is 0.257 e. The van der Waals surface area contributed by atoms with Crippen LogP contribution in [-0.4, -0.2) is 32.3 Å². The van der Waals surface area contributed by atoms with Crippen LogP contribution in [0.4, 0.5) is 5.69 Å². The van der Waals surface area contributed by atoms with Crippen LogP contribution in [0.3, 0.4) is 0 Å². The number of fused-ring (bicyclic) bond motifs is 3. The Kier molecular flexibility index (Phi) is 5.64. The highest BCUT2D eigenvalue weighted by atomic mass is 32.1. The largest absolute Gasteiger partial charge is 0.497 e. The number of nitrogens with one attached hydrogen (secondary N) is 2. The summed E-state index contributed by atoms with van der Waals surface area (Å²) >= 11 is 5.34. The molecule has 1 amide bonds. The Morgan fingerprint density at radius 2 is 1.58 bits per heavy atom. The van der Waals surface area contributed by atoms with Crippen molar-refractivity contribution in [1.82, 2.24) is 5.32 Å². The van der Waals surface area contributed by atoms with Gasteiger partial charge in [0, 0.05) is 28.5 Å². The Bertz CT molecular complexity index is 1280. The minimum atomic E-state index is -0.404. The Morgan fingerprint density at radius 3 is 2.26 bits per heavy atom. The number of thiocarbonyl (C=S) groups is 1. The summed E-state index contributed by atoms with van der Waals surface area (Å²) in [7, 11) is 4.60. The zero-order valence-corrected chi connectivity index (χ0v) is 18.0. The van der Waals surface area contributed by atoms with Crippen LogP contribution in [-0.2, 0) is 0 Å². The van der Waals surface area contributed by atoms with Crippen LogP contribution in [0.1, 0.15) is 10.4 Å². The Labute approximate surface area is 183 Å². The van der Waals surface area contributed by atoms with Crippen LogP contribution < -0.4 is 24.8 Å². The lowest BCUT2D eigenvalue weighted by atomic mass is 10.1. The van der Waals surface area contributed by atoms with Gasteiger partial charge in [0.1, 0.15) is 28.4 Å². The van der Waals surface area contributed by atoms with Crippen LogP contribution in [0.5, 0.6) is 17.2 Å². The van der Waals surface area contributed by atoms with Gasteiger partial charge < -0.3 is 23.9 Å². The normalized spacial score (nSPS) is 10.7. The molecule has 4 rings (SSSR count). The number of benzene rings is 3. The molecule has 1 aromatic heterocycles. The average molecular weight is 436 g/mol. The van der Waals surface area contributed by atoms with Gasteiger partial charge in [-0.15, -0.1) is 0 Å². The summed E-state index contributed by atoms with van der Waals surface area (Å²) in [6.07, 6.45) is 0. The standard InChI is InChI=1S/C23H20N2O5S/c1-27-14-8-13(9-15(10-14)28-2)22(26)25-23(31)24-18-12-20-17(11-21(18)29-3)16-6-4-5-7-19(16)30-20/h4-12H,1-3H3,(H2,24,25,26,31). The van der Waals surface area contributed by atoms with Crippen molar-refractivity contribution in [3.63, 3.8) is 0 Å². The van der Waals surface area contributed by atoms with Gasteiger partial charge in [0.15, 0.2) is 5.11 Å².